The number of ether oxygens (including phenoxy) is 2. The van der Waals surface area contributed by atoms with Crippen molar-refractivity contribution in [2.75, 3.05) is 23.4 Å². The summed E-state index contributed by atoms with van der Waals surface area (Å²) in [5.74, 6) is 2.26. The zero-order valence-electron chi connectivity index (χ0n) is 20.7. The molecule has 0 unspecified atom stereocenters. The van der Waals surface area contributed by atoms with Crippen molar-refractivity contribution >= 4 is 23.2 Å². The van der Waals surface area contributed by atoms with Crippen molar-refractivity contribution in [3.05, 3.63) is 78.4 Å². The number of nitrogens with zero attached hydrogens (tertiary/aromatic N) is 1. The van der Waals surface area contributed by atoms with Crippen LogP contribution in [0.3, 0.4) is 0 Å². The quantitative estimate of drug-likeness (QED) is 0.425. The Morgan fingerprint density at radius 2 is 1.71 bits per heavy atom. The van der Waals surface area contributed by atoms with E-state index in [1.165, 1.54) is 0 Å². The van der Waals surface area contributed by atoms with E-state index in [2.05, 4.69) is 19.2 Å². The third kappa shape index (κ3) is 5.83. The first kappa shape index (κ1) is 24.3. The van der Waals surface area contributed by atoms with E-state index in [1.807, 2.05) is 56.3 Å². The molecule has 3 aromatic rings. The third-order valence-electron chi connectivity index (χ3n) is 5.95. The number of hydrogen-bond acceptors (Lipinski definition) is 4. The molecule has 0 bridgehead atoms. The molecule has 1 aliphatic heterocycles. The fourth-order valence-electron chi connectivity index (χ4n) is 3.83. The summed E-state index contributed by atoms with van der Waals surface area (Å²) in [6.07, 6.45) is 0.870. The first-order valence-electron chi connectivity index (χ1n) is 12.0. The molecule has 0 saturated heterocycles. The Kier molecular flexibility index (Phi) is 7.10. The van der Waals surface area contributed by atoms with Crippen LogP contribution in [0.15, 0.2) is 72.8 Å². The average molecular weight is 473 g/mol. The Labute approximate surface area is 206 Å². The molecule has 3 aromatic carbocycles. The molecular formula is C29H32N2O4. The Hall–Kier alpha value is -3.80. The second kappa shape index (κ2) is 10.2. The van der Waals surface area contributed by atoms with Crippen molar-refractivity contribution in [1.29, 1.82) is 0 Å². The van der Waals surface area contributed by atoms with Crippen LogP contribution in [0.25, 0.3) is 0 Å². The maximum atomic E-state index is 13.3. The Morgan fingerprint density at radius 1 is 1.03 bits per heavy atom. The Morgan fingerprint density at radius 3 is 2.40 bits per heavy atom. The van der Waals surface area contributed by atoms with E-state index in [1.54, 1.807) is 35.2 Å². The van der Waals surface area contributed by atoms with Crippen molar-refractivity contribution in [2.24, 2.45) is 11.3 Å². The summed E-state index contributed by atoms with van der Waals surface area (Å²) in [7, 11) is 0. The highest BCUT2D eigenvalue weighted by atomic mass is 16.5. The van der Waals surface area contributed by atoms with Gasteiger partial charge in [0.05, 0.1) is 11.1 Å². The van der Waals surface area contributed by atoms with E-state index in [-0.39, 0.29) is 11.8 Å². The maximum Gasteiger partial charge on any atom is 0.255 e. The van der Waals surface area contributed by atoms with E-state index in [0.717, 1.165) is 12.2 Å². The lowest BCUT2D eigenvalue weighted by molar-refractivity contribution is -0.127. The number of hydrogen-bond donors (Lipinski definition) is 1. The molecule has 0 aromatic heterocycles. The number of rotatable bonds is 7. The molecule has 6 nitrogen and oxygen atoms in total. The van der Waals surface area contributed by atoms with Gasteiger partial charge in [0.15, 0.2) is 0 Å². The summed E-state index contributed by atoms with van der Waals surface area (Å²) in [6.45, 7) is 8.97. The number of carbonyl (C=O) groups excluding carboxylic acids is 2. The highest BCUT2D eigenvalue weighted by Gasteiger charge is 2.37. The van der Waals surface area contributed by atoms with Crippen molar-refractivity contribution in [3.8, 4) is 17.2 Å². The fourth-order valence-corrected chi connectivity index (χ4v) is 3.83. The highest BCUT2D eigenvalue weighted by molar-refractivity contribution is 6.05. The predicted molar refractivity (Wildman–Crippen MR) is 138 cm³/mol. The molecule has 1 aliphatic rings. The van der Waals surface area contributed by atoms with Gasteiger partial charge in [-0.15, -0.1) is 0 Å². The summed E-state index contributed by atoms with van der Waals surface area (Å²) in [5.41, 5.74) is 1.16. The maximum absolute atomic E-state index is 13.3. The normalized spacial score (nSPS) is 14.7. The molecule has 35 heavy (non-hydrogen) atoms. The van der Waals surface area contributed by atoms with E-state index < -0.39 is 5.41 Å². The molecule has 4 rings (SSSR count). The summed E-state index contributed by atoms with van der Waals surface area (Å²) >= 11 is 0. The molecule has 6 heteroatoms. The van der Waals surface area contributed by atoms with Gasteiger partial charge in [0.2, 0.25) is 5.91 Å². The summed E-state index contributed by atoms with van der Waals surface area (Å²) < 4.78 is 11.8. The van der Waals surface area contributed by atoms with Crippen LogP contribution < -0.4 is 19.7 Å². The van der Waals surface area contributed by atoms with Crippen LogP contribution >= 0.6 is 0 Å². The van der Waals surface area contributed by atoms with Gasteiger partial charge in [-0.3, -0.25) is 9.59 Å². The molecule has 1 N–H and O–H groups in total. The zero-order chi connectivity index (χ0) is 25.0. The van der Waals surface area contributed by atoms with E-state index in [9.17, 15) is 9.59 Å². The van der Waals surface area contributed by atoms with Gasteiger partial charge in [-0.25, -0.2) is 0 Å². The zero-order valence-corrected chi connectivity index (χ0v) is 20.7. The molecule has 0 spiro atoms. The van der Waals surface area contributed by atoms with Crippen molar-refractivity contribution in [2.45, 2.75) is 34.1 Å². The first-order chi connectivity index (χ1) is 16.7. The Bertz CT molecular complexity index is 1190. The monoisotopic (exact) mass is 472 g/mol. The number of anilines is 2. The average Bonchev–Trinajstić information content (AvgIpc) is 2.93. The van der Waals surface area contributed by atoms with Crippen LogP contribution in [0.5, 0.6) is 17.2 Å². The lowest BCUT2D eigenvalue weighted by Crippen LogP contribution is -2.42. The minimum Gasteiger partial charge on any atom is -0.490 e. The highest BCUT2D eigenvalue weighted by Crippen LogP contribution is 2.38. The van der Waals surface area contributed by atoms with Crippen LogP contribution in [0.1, 0.15) is 44.5 Å². The largest absolute Gasteiger partial charge is 0.490 e. The molecule has 0 atom stereocenters. The van der Waals surface area contributed by atoms with E-state index in [0.29, 0.717) is 47.5 Å². The van der Waals surface area contributed by atoms with Crippen molar-refractivity contribution < 1.29 is 19.1 Å². The fraction of sp³-hybridized carbons (Fsp3) is 0.310. The summed E-state index contributed by atoms with van der Waals surface area (Å²) in [6, 6.07) is 21.9. The van der Waals surface area contributed by atoms with Crippen LogP contribution in [-0.2, 0) is 4.79 Å². The molecule has 182 valence electrons. The summed E-state index contributed by atoms with van der Waals surface area (Å²) in [5, 5.41) is 2.95. The topological polar surface area (TPSA) is 67.9 Å². The van der Waals surface area contributed by atoms with Crippen molar-refractivity contribution in [1.82, 2.24) is 0 Å². The van der Waals surface area contributed by atoms with Gasteiger partial charge < -0.3 is 19.7 Å². The Balaban J connectivity index is 1.52. The smallest absolute Gasteiger partial charge is 0.255 e. The van der Waals surface area contributed by atoms with E-state index >= 15 is 0 Å². The van der Waals surface area contributed by atoms with E-state index in [4.69, 9.17) is 9.47 Å². The predicted octanol–water partition coefficient (Wildman–Crippen LogP) is 6.53. The molecule has 2 amide bonds. The molecular weight excluding hydrogens is 440 g/mol. The molecule has 0 radical (unpaired) electrons. The van der Waals surface area contributed by atoms with Crippen LogP contribution in [0, 0.1) is 11.3 Å². The van der Waals surface area contributed by atoms with Gasteiger partial charge in [-0.05, 0) is 80.8 Å². The third-order valence-corrected chi connectivity index (χ3v) is 5.95. The summed E-state index contributed by atoms with van der Waals surface area (Å²) in [4.78, 5) is 28.0. The number of fused-ring (bicyclic) bond motifs is 1. The van der Waals surface area contributed by atoms with Crippen LogP contribution in [-0.4, -0.2) is 25.0 Å². The van der Waals surface area contributed by atoms with Gasteiger partial charge in [0, 0.05) is 17.8 Å². The standard InChI is InChI=1S/C29H32N2O4/c1-20(2)16-17-31-25-18-22(12-15-26(25)34-19-29(3,4)28(31)33)30-27(32)21-10-13-24(14-11-21)35-23-8-6-5-7-9-23/h5-15,18,20H,16-17,19H2,1-4H3,(H,30,32). The molecule has 0 aliphatic carbocycles. The molecule has 0 fully saturated rings. The second-order valence-electron chi connectivity index (χ2n) is 9.89. The molecule has 1 heterocycles. The lowest BCUT2D eigenvalue weighted by Gasteiger charge is -2.28. The van der Waals surface area contributed by atoms with Gasteiger partial charge >= 0.3 is 0 Å². The number of carbonyl (C=O) groups is 2. The second-order valence-corrected chi connectivity index (χ2v) is 9.89. The minimum atomic E-state index is -0.636. The van der Waals surface area contributed by atoms with Gasteiger partial charge in [-0.2, -0.15) is 0 Å². The minimum absolute atomic E-state index is 0.0226. The number of nitrogens with one attached hydrogen (secondary N) is 1. The number of amides is 2. The number of benzene rings is 3. The van der Waals surface area contributed by atoms with Crippen LogP contribution in [0.2, 0.25) is 0 Å². The van der Waals surface area contributed by atoms with Gasteiger partial charge in [0.1, 0.15) is 23.9 Å². The van der Waals surface area contributed by atoms with Crippen LogP contribution in [0.4, 0.5) is 11.4 Å². The van der Waals surface area contributed by atoms with Gasteiger partial charge in [0.25, 0.3) is 5.91 Å². The molecule has 0 saturated carbocycles. The van der Waals surface area contributed by atoms with Crippen molar-refractivity contribution in [3.63, 3.8) is 0 Å². The van der Waals surface area contributed by atoms with Gasteiger partial charge in [-0.1, -0.05) is 32.0 Å². The first-order valence-corrected chi connectivity index (χ1v) is 12.0. The number of para-hydroxylation sites is 1. The SMILES string of the molecule is CC(C)CCN1C(=O)C(C)(C)COc2ccc(NC(=O)c3ccc(Oc4ccccc4)cc3)cc21. The lowest BCUT2D eigenvalue weighted by atomic mass is 9.92.